The van der Waals surface area contributed by atoms with E-state index >= 15 is 0 Å². The van der Waals surface area contributed by atoms with E-state index in [4.69, 9.17) is 20.4 Å². The molecule has 11 heavy (non-hydrogen) atoms. The molecule has 5 heteroatoms. The van der Waals surface area contributed by atoms with Gasteiger partial charge in [-0.05, 0) is 13.3 Å². The third-order valence-electron chi connectivity index (χ3n) is 1.16. The molecule has 2 unspecified atom stereocenters. The molecule has 4 N–H and O–H groups in total. The van der Waals surface area contributed by atoms with E-state index in [-0.39, 0.29) is 6.42 Å². The van der Waals surface area contributed by atoms with Gasteiger partial charge < -0.3 is 25.2 Å². The highest BCUT2D eigenvalue weighted by Gasteiger charge is 2.32. The molecule has 5 nitrogen and oxygen atoms in total. The molecule has 0 aliphatic heterocycles. The zero-order valence-corrected chi connectivity index (χ0v) is 6.56. The van der Waals surface area contributed by atoms with Crippen molar-refractivity contribution in [2.24, 2.45) is 0 Å². The van der Waals surface area contributed by atoms with E-state index < -0.39 is 18.4 Å². The molecule has 0 aliphatic rings. The quantitative estimate of drug-likeness (QED) is 0.392. The van der Waals surface area contributed by atoms with Gasteiger partial charge in [-0.15, -0.1) is 0 Å². The van der Waals surface area contributed by atoms with Gasteiger partial charge in [0.1, 0.15) is 6.10 Å². The minimum Gasteiger partial charge on any atom is -0.368 e. The first-order valence-corrected chi connectivity index (χ1v) is 3.38. The summed E-state index contributed by atoms with van der Waals surface area (Å²) >= 11 is 0. The lowest BCUT2D eigenvalue weighted by molar-refractivity contribution is -0.375. The Kier molecular flexibility index (Phi) is 3.91. The van der Waals surface area contributed by atoms with Crippen LogP contribution in [-0.4, -0.2) is 38.8 Å². The van der Waals surface area contributed by atoms with Crippen molar-refractivity contribution >= 4 is 0 Å². The maximum Gasteiger partial charge on any atom is 0.303 e. The molecule has 0 aliphatic carbocycles. The van der Waals surface area contributed by atoms with Crippen molar-refractivity contribution in [3.05, 3.63) is 0 Å². The van der Waals surface area contributed by atoms with E-state index in [1.54, 1.807) is 6.92 Å². The molecule has 0 aromatic carbocycles. The van der Waals surface area contributed by atoms with Crippen LogP contribution in [0.1, 0.15) is 20.3 Å². The Morgan fingerprint density at radius 3 is 1.91 bits per heavy atom. The van der Waals surface area contributed by atoms with Crippen LogP contribution in [0.5, 0.6) is 0 Å². The second kappa shape index (κ2) is 3.99. The maximum atomic E-state index is 8.66. The molecule has 0 fully saturated rings. The van der Waals surface area contributed by atoms with Crippen LogP contribution < -0.4 is 0 Å². The zero-order chi connectivity index (χ0) is 9.07. The number of ether oxygens (including phenoxy) is 1. The Hall–Kier alpha value is -0.200. The molecule has 0 spiro atoms. The first-order valence-electron chi connectivity index (χ1n) is 3.38. The highest BCUT2D eigenvalue weighted by Crippen LogP contribution is 2.11. The highest BCUT2D eigenvalue weighted by atomic mass is 16.7. The van der Waals surface area contributed by atoms with Crippen LogP contribution in [0.15, 0.2) is 0 Å². The molecule has 2 atom stereocenters. The van der Waals surface area contributed by atoms with Crippen LogP contribution in [0.25, 0.3) is 0 Å². The van der Waals surface area contributed by atoms with Gasteiger partial charge in [0.15, 0.2) is 6.29 Å². The van der Waals surface area contributed by atoms with Crippen molar-refractivity contribution in [2.45, 2.75) is 38.6 Å². The van der Waals surface area contributed by atoms with Crippen molar-refractivity contribution in [1.82, 2.24) is 0 Å². The van der Waals surface area contributed by atoms with E-state index in [1.165, 1.54) is 6.92 Å². The lowest BCUT2D eigenvalue weighted by Crippen LogP contribution is -2.44. The molecule has 0 saturated heterocycles. The standard InChI is InChI=1S/C6H14O5/c1-3-5(6(8,9)10)11-4(2)7/h4-5,7-10H,3H2,1-2H3. The summed E-state index contributed by atoms with van der Waals surface area (Å²) in [6.07, 6.45) is -2.14. The summed E-state index contributed by atoms with van der Waals surface area (Å²) in [5, 5.41) is 34.5. The molecule has 0 rings (SSSR count). The molecule has 0 radical (unpaired) electrons. The summed E-state index contributed by atoms with van der Waals surface area (Å²) in [6.45, 7) is 2.90. The summed E-state index contributed by atoms with van der Waals surface area (Å²) in [7, 11) is 0. The Labute approximate surface area is 64.9 Å². The van der Waals surface area contributed by atoms with Gasteiger partial charge in [-0.1, -0.05) is 6.92 Å². The Bertz CT molecular complexity index is 106. The van der Waals surface area contributed by atoms with Gasteiger partial charge in [0.05, 0.1) is 0 Å². The zero-order valence-electron chi connectivity index (χ0n) is 6.56. The van der Waals surface area contributed by atoms with E-state index in [9.17, 15) is 0 Å². The van der Waals surface area contributed by atoms with Gasteiger partial charge in [-0.2, -0.15) is 0 Å². The lowest BCUT2D eigenvalue weighted by atomic mass is 10.2. The van der Waals surface area contributed by atoms with Crippen molar-refractivity contribution in [2.75, 3.05) is 0 Å². The van der Waals surface area contributed by atoms with Crippen LogP contribution in [0.3, 0.4) is 0 Å². The van der Waals surface area contributed by atoms with Crippen molar-refractivity contribution in [1.29, 1.82) is 0 Å². The van der Waals surface area contributed by atoms with Gasteiger partial charge in [0, 0.05) is 0 Å². The summed E-state index contributed by atoms with van der Waals surface area (Å²) < 4.78 is 4.57. The highest BCUT2D eigenvalue weighted by molar-refractivity contribution is 4.63. The maximum absolute atomic E-state index is 8.66. The average molecular weight is 166 g/mol. The van der Waals surface area contributed by atoms with Crippen molar-refractivity contribution < 1.29 is 25.2 Å². The second-order valence-electron chi connectivity index (χ2n) is 2.32. The number of hydrogen-bond donors (Lipinski definition) is 4. The average Bonchev–Trinajstić information content (AvgIpc) is 1.79. The van der Waals surface area contributed by atoms with Crippen LogP contribution >= 0.6 is 0 Å². The minimum absolute atomic E-state index is 0.189. The van der Waals surface area contributed by atoms with Crippen molar-refractivity contribution in [3.63, 3.8) is 0 Å². The smallest absolute Gasteiger partial charge is 0.303 e. The fourth-order valence-electron chi connectivity index (χ4n) is 0.699. The third-order valence-corrected chi connectivity index (χ3v) is 1.16. The van der Waals surface area contributed by atoms with Gasteiger partial charge in [0.2, 0.25) is 0 Å². The molecule has 0 aromatic heterocycles. The lowest BCUT2D eigenvalue weighted by Gasteiger charge is -2.25. The SMILES string of the molecule is CCC(OC(C)O)C(O)(O)O. The second-order valence-corrected chi connectivity index (χ2v) is 2.32. The fourth-order valence-corrected chi connectivity index (χ4v) is 0.699. The minimum atomic E-state index is -2.88. The first-order chi connectivity index (χ1) is 4.88. The number of aliphatic hydroxyl groups excluding tert-OH is 1. The summed E-state index contributed by atoms with van der Waals surface area (Å²) in [5.74, 6) is -2.88. The molecule has 0 aromatic rings. The normalized spacial score (nSPS) is 18.0. The van der Waals surface area contributed by atoms with E-state index in [0.29, 0.717) is 0 Å². The number of hydrogen-bond acceptors (Lipinski definition) is 5. The van der Waals surface area contributed by atoms with Crippen LogP contribution in [0.4, 0.5) is 0 Å². The van der Waals surface area contributed by atoms with E-state index in [0.717, 1.165) is 0 Å². The fraction of sp³-hybridized carbons (Fsp3) is 1.00. The van der Waals surface area contributed by atoms with Crippen molar-refractivity contribution in [3.8, 4) is 0 Å². The van der Waals surface area contributed by atoms with Gasteiger partial charge >= 0.3 is 5.97 Å². The molecule has 0 bridgehead atoms. The predicted molar refractivity (Wildman–Crippen MR) is 36.2 cm³/mol. The van der Waals surface area contributed by atoms with Gasteiger partial charge in [-0.3, -0.25) is 0 Å². The van der Waals surface area contributed by atoms with E-state index in [2.05, 4.69) is 4.74 Å². The Morgan fingerprint density at radius 1 is 1.36 bits per heavy atom. The Balaban J connectivity index is 3.96. The predicted octanol–water partition coefficient (Wildman–Crippen LogP) is -1.25. The number of rotatable bonds is 4. The van der Waals surface area contributed by atoms with E-state index in [1.807, 2.05) is 0 Å². The van der Waals surface area contributed by atoms with Crippen LogP contribution in [0, 0.1) is 0 Å². The first kappa shape index (κ1) is 10.8. The third kappa shape index (κ3) is 4.28. The molecular weight excluding hydrogens is 152 g/mol. The monoisotopic (exact) mass is 166 g/mol. The molecule has 0 saturated carbocycles. The van der Waals surface area contributed by atoms with Gasteiger partial charge in [0.25, 0.3) is 0 Å². The Morgan fingerprint density at radius 2 is 1.82 bits per heavy atom. The summed E-state index contributed by atoms with van der Waals surface area (Å²) in [5.41, 5.74) is 0. The molecular formula is C6H14O5. The van der Waals surface area contributed by atoms with Gasteiger partial charge in [-0.25, -0.2) is 0 Å². The molecule has 68 valence electrons. The topological polar surface area (TPSA) is 90.2 Å². The van der Waals surface area contributed by atoms with Crippen LogP contribution in [0.2, 0.25) is 0 Å². The molecule has 0 heterocycles. The largest absolute Gasteiger partial charge is 0.368 e. The van der Waals surface area contributed by atoms with Crippen LogP contribution in [-0.2, 0) is 4.74 Å². The summed E-state index contributed by atoms with van der Waals surface area (Å²) in [6, 6.07) is 0. The number of aliphatic hydroxyl groups is 4. The summed E-state index contributed by atoms with van der Waals surface area (Å²) in [4.78, 5) is 0. The molecule has 0 amide bonds.